The van der Waals surface area contributed by atoms with Gasteiger partial charge in [0.1, 0.15) is 0 Å². The molecule has 2 rings (SSSR count). The maximum absolute atomic E-state index is 12.6. The van der Waals surface area contributed by atoms with Crippen molar-refractivity contribution in [1.29, 1.82) is 0 Å². The summed E-state index contributed by atoms with van der Waals surface area (Å²) in [5.41, 5.74) is 0. The van der Waals surface area contributed by atoms with Crippen LogP contribution >= 0.6 is 0 Å². The van der Waals surface area contributed by atoms with Crippen molar-refractivity contribution in [2.24, 2.45) is 4.36 Å². The minimum Gasteiger partial charge on any atom is -0.244 e. The maximum atomic E-state index is 12.6. The fourth-order valence-electron chi connectivity index (χ4n) is 1.79. The summed E-state index contributed by atoms with van der Waals surface area (Å²) in [6.07, 6.45) is 2.10. The van der Waals surface area contributed by atoms with Crippen molar-refractivity contribution in [3.05, 3.63) is 30.3 Å². The fraction of sp³-hybridized carbons (Fsp3) is 0.455. The molecule has 2 atom stereocenters. The minimum atomic E-state index is -2.12. The minimum absolute atomic E-state index is 0.193. The van der Waals surface area contributed by atoms with Crippen molar-refractivity contribution in [2.45, 2.75) is 29.9 Å². The number of hydrogen-bond acceptors (Lipinski definition) is 2. The molecule has 0 amide bonds. The zero-order chi connectivity index (χ0) is 10.0. The average Bonchev–Trinajstić information content (AvgIpc) is 2.24. The zero-order valence-electron chi connectivity index (χ0n) is 8.35. The molecule has 0 radical (unpaired) electrons. The first kappa shape index (κ1) is 9.71. The summed E-state index contributed by atoms with van der Waals surface area (Å²) >= 11 is 0. The predicted molar refractivity (Wildman–Crippen MR) is 58.8 cm³/mol. The zero-order valence-corrected chi connectivity index (χ0v) is 9.17. The van der Waals surface area contributed by atoms with Crippen LogP contribution in [-0.4, -0.2) is 16.0 Å². The number of hydrogen-bond donors (Lipinski definition) is 0. The fourth-order valence-corrected chi connectivity index (χ4v) is 4.09. The van der Waals surface area contributed by atoms with Gasteiger partial charge in [0.15, 0.2) is 0 Å². The molecule has 1 aromatic carbocycles. The summed E-state index contributed by atoms with van der Waals surface area (Å²) in [5, 5.41) is 0.193. The Hall–Kier alpha value is -0.830. The van der Waals surface area contributed by atoms with Crippen molar-refractivity contribution in [2.75, 3.05) is 6.54 Å². The van der Waals surface area contributed by atoms with Gasteiger partial charge in [0.05, 0.1) is 9.73 Å². The van der Waals surface area contributed by atoms with Gasteiger partial charge in [-0.15, -0.1) is 0 Å². The lowest BCUT2D eigenvalue weighted by Gasteiger charge is -2.21. The highest BCUT2D eigenvalue weighted by Crippen LogP contribution is 2.25. The van der Waals surface area contributed by atoms with Crippen LogP contribution in [0, 0.1) is 0 Å². The van der Waals surface area contributed by atoms with Gasteiger partial charge in [-0.05, 0) is 31.9 Å². The second-order valence-electron chi connectivity index (χ2n) is 3.69. The van der Waals surface area contributed by atoms with E-state index in [1.807, 2.05) is 37.3 Å². The summed E-state index contributed by atoms with van der Waals surface area (Å²) in [6, 6.07) is 9.65. The summed E-state index contributed by atoms with van der Waals surface area (Å²) in [5.74, 6) is 0. The van der Waals surface area contributed by atoms with Crippen LogP contribution in [0.25, 0.3) is 0 Å². The van der Waals surface area contributed by atoms with Crippen molar-refractivity contribution >= 4 is 9.73 Å². The van der Waals surface area contributed by atoms with E-state index in [1.165, 1.54) is 0 Å². The summed E-state index contributed by atoms with van der Waals surface area (Å²) in [4.78, 5) is 0.896. The van der Waals surface area contributed by atoms with E-state index in [4.69, 9.17) is 0 Å². The maximum Gasteiger partial charge on any atom is 0.0778 e. The summed E-state index contributed by atoms with van der Waals surface area (Å²) in [7, 11) is -2.12. The van der Waals surface area contributed by atoms with E-state index < -0.39 is 9.73 Å². The molecule has 0 saturated heterocycles. The Kier molecular flexibility index (Phi) is 2.59. The molecule has 0 N–H and O–H groups in total. The van der Waals surface area contributed by atoms with E-state index in [2.05, 4.69) is 4.36 Å². The van der Waals surface area contributed by atoms with Gasteiger partial charge in [0.2, 0.25) is 0 Å². The standard InChI is InChI=1S/C11H15NOS/c1-10-6-5-9-12-14(10,13)11-7-3-2-4-8-11/h2-4,7-8,10H,5-6,9H2,1H3/t10-,14?/m0/s1. The number of nitrogens with zero attached hydrogens (tertiary/aromatic N) is 1. The van der Waals surface area contributed by atoms with E-state index in [-0.39, 0.29) is 5.25 Å². The van der Waals surface area contributed by atoms with Crippen molar-refractivity contribution in [1.82, 2.24) is 0 Å². The Labute approximate surface area is 85.5 Å². The van der Waals surface area contributed by atoms with Crippen molar-refractivity contribution < 1.29 is 4.21 Å². The molecule has 0 bridgehead atoms. The molecule has 1 aliphatic rings. The lowest BCUT2D eigenvalue weighted by molar-refractivity contribution is 0.629. The first-order valence-corrected chi connectivity index (χ1v) is 6.58. The SMILES string of the molecule is C[C@H]1CCCN=S1(=O)c1ccccc1. The highest BCUT2D eigenvalue weighted by molar-refractivity contribution is 7.94. The Balaban J connectivity index is 2.51. The smallest absolute Gasteiger partial charge is 0.0778 e. The number of rotatable bonds is 1. The predicted octanol–water partition coefficient (Wildman–Crippen LogP) is 2.70. The van der Waals surface area contributed by atoms with Gasteiger partial charge in [-0.1, -0.05) is 18.2 Å². The quantitative estimate of drug-likeness (QED) is 0.699. The monoisotopic (exact) mass is 209 g/mol. The van der Waals surface area contributed by atoms with Crippen molar-refractivity contribution in [3.8, 4) is 0 Å². The van der Waals surface area contributed by atoms with E-state index in [1.54, 1.807) is 0 Å². The van der Waals surface area contributed by atoms with Gasteiger partial charge in [-0.3, -0.25) is 0 Å². The Morgan fingerprint density at radius 3 is 2.71 bits per heavy atom. The third-order valence-corrected chi connectivity index (χ3v) is 5.52. The van der Waals surface area contributed by atoms with Crippen LogP contribution in [0.15, 0.2) is 39.6 Å². The Bertz CT molecular complexity index is 418. The largest absolute Gasteiger partial charge is 0.244 e. The van der Waals surface area contributed by atoms with Crippen LogP contribution in [0.4, 0.5) is 0 Å². The van der Waals surface area contributed by atoms with Gasteiger partial charge in [-0.2, -0.15) is 0 Å². The van der Waals surface area contributed by atoms with E-state index >= 15 is 0 Å². The molecule has 0 fully saturated rings. The Morgan fingerprint density at radius 1 is 1.36 bits per heavy atom. The lowest BCUT2D eigenvalue weighted by Crippen LogP contribution is -2.22. The molecule has 14 heavy (non-hydrogen) atoms. The third-order valence-electron chi connectivity index (χ3n) is 2.68. The first-order chi connectivity index (χ1) is 6.73. The molecule has 0 aromatic heterocycles. The molecule has 1 unspecified atom stereocenters. The van der Waals surface area contributed by atoms with Gasteiger partial charge in [0, 0.05) is 16.7 Å². The highest BCUT2D eigenvalue weighted by Gasteiger charge is 2.23. The van der Waals surface area contributed by atoms with Gasteiger partial charge < -0.3 is 0 Å². The highest BCUT2D eigenvalue weighted by atomic mass is 32.2. The second kappa shape index (κ2) is 3.73. The lowest BCUT2D eigenvalue weighted by atomic mass is 10.2. The molecule has 0 spiro atoms. The van der Waals surface area contributed by atoms with E-state index in [0.29, 0.717) is 0 Å². The Morgan fingerprint density at radius 2 is 2.07 bits per heavy atom. The van der Waals surface area contributed by atoms with Crippen LogP contribution in [0.3, 0.4) is 0 Å². The molecule has 1 aromatic rings. The van der Waals surface area contributed by atoms with Gasteiger partial charge in [-0.25, -0.2) is 8.57 Å². The molecule has 0 saturated carbocycles. The van der Waals surface area contributed by atoms with Gasteiger partial charge in [0.25, 0.3) is 0 Å². The van der Waals surface area contributed by atoms with Crippen LogP contribution in [0.5, 0.6) is 0 Å². The van der Waals surface area contributed by atoms with Crippen LogP contribution < -0.4 is 0 Å². The van der Waals surface area contributed by atoms with Crippen LogP contribution in [0.1, 0.15) is 19.8 Å². The summed E-state index contributed by atoms with van der Waals surface area (Å²) < 4.78 is 16.9. The molecule has 0 aliphatic carbocycles. The molecule has 1 aliphatic heterocycles. The molecular weight excluding hydrogens is 194 g/mol. The van der Waals surface area contributed by atoms with Crippen LogP contribution in [0.2, 0.25) is 0 Å². The second-order valence-corrected chi connectivity index (χ2v) is 6.36. The van der Waals surface area contributed by atoms with Crippen LogP contribution in [-0.2, 0) is 9.73 Å². The molecule has 2 nitrogen and oxygen atoms in total. The molecule has 76 valence electrons. The van der Waals surface area contributed by atoms with Gasteiger partial charge >= 0.3 is 0 Å². The molecular formula is C11H15NOS. The van der Waals surface area contributed by atoms with E-state index in [9.17, 15) is 4.21 Å². The number of benzene rings is 1. The molecule has 3 heteroatoms. The van der Waals surface area contributed by atoms with Crippen molar-refractivity contribution in [3.63, 3.8) is 0 Å². The normalized spacial score (nSPS) is 32.2. The summed E-state index contributed by atoms with van der Waals surface area (Å²) in [6.45, 7) is 2.79. The van der Waals surface area contributed by atoms with E-state index in [0.717, 1.165) is 24.3 Å². The first-order valence-electron chi connectivity index (χ1n) is 5.00. The molecule has 1 heterocycles. The average molecular weight is 209 g/mol. The third kappa shape index (κ3) is 1.57. The topological polar surface area (TPSA) is 29.4 Å².